The van der Waals surface area contributed by atoms with Gasteiger partial charge in [0.05, 0.1) is 12.0 Å². The maximum absolute atomic E-state index is 11.5. The minimum atomic E-state index is 0.0387. The smallest absolute Gasteiger partial charge is 0.209 e. The number of hydrogen-bond donors (Lipinski definition) is 1. The highest BCUT2D eigenvalue weighted by molar-refractivity contribution is 7.98. The zero-order valence-electron chi connectivity index (χ0n) is 12.7. The fraction of sp³-hybridized carbons (Fsp3) is 0.188. The van der Waals surface area contributed by atoms with Crippen molar-refractivity contribution < 1.29 is 9.53 Å². The van der Waals surface area contributed by atoms with Gasteiger partial charge in [-0.15, -0.1) is 16.4 Å². The topological polar surface area (TPSA) is 67.9 Å². The van der Waals surface area contributed by atoms with Gasteiger partial charge in [-0.3, -0.25) is 9.89 Å². The van der Waals surface area contributed by atoms with Gasteiger partial charge in [0, 0.05) is 16.9 Å². The summed E-state index contributed by atoms with van der Waals surface area (Å²) in [5, 5.41) is 9.84. The second kappa shape index (κ2) is 6.97. The van der Waals surface area contributed by atoms with Crippen molar-refractivity contribution in [3.63, 3.8) is 0 Å². The molecular weight excluding hydrogens is 330 g/mol. The molecule has 0 saturated heterocycles. The van der Waals surface area contributed by atoms with Gasteiger partial charge in [0.25, 0.3) is 0 Å². The molecule has 1 N–H and O–H groups in total. The van der Waals surface area contributed by atoms with Crippen LogP contribution in [-0.4, -0.2) is 28.1 Å². The predicted octanol–water partition coefficient (Wildman–Crippen LogP) is 4.04. The molecule has 0 unspecified atom stereocenters. The van der Waals surface area contributed by atoms with Gasteiger partial charge >= 0.3 is 0 Å². The molecule has 0 spiro atoms. The van der Waals surface area contributed by atoms with Gasteiger partial charge in [0.2, 0.25) is 5.16 Å². The van der Waals surface area contributed by atoms with E-state index >= 15 is 0 Å². The van der Waals surface area contributed by atoms with E-state index in [0.717, 1.165) is 22.0 Å². The number of benzene rings is 1. The van der Waals surface area contributed by atoms with Crippen molar-refractivity contribution in [2.75, 3.05) is 7.11 Å². The molecule has 0 aliphatic rings. The number of thioether (sulfide) groups is 1. The minimum absolute atomic E-state index is 0.0387. The normalized spacial score (nSPS) is 10.7. The summed E-state index contributed by atoms with van der Waals surface area (Å²) in [7, 11) is 1.62. The van der Waals surface area contributed by atoms with Crippen LogP contribution in [0, 0.1) is 0 Å². The summed E-state index contributed by atoms with van der Waals surface area (Å²) in [5.41, 5.74) is 1.63. The first-order valence-corrected chi connectivity index (χ1v) is 8.81. The third kappa shape index (κ3) is 3.62. The lowest BCUT2D eigenvalue weighted by atomic mass is 10.1. The van der Waals surface area contributed by atoms with Crippen LogP contribution in [-0.2, 0) is 5.75 Å². The highest BCUT2D eigenvalue weighted by atomic mass is 32.2. The van der Waals surface area contributed by atoms with E-state index in [1.165, 1.54) is 11.8 Å². The molecule has 1 aromatic carbocycles. The van der Waals surface area contributed by atoms with Crippen LogP contribution in [0.2, 0.25) is 0 Å². The van der Waals surface area contributed by atoms with Crippen molar-refractivity contribution in [1.29, 1.82) is 0 Å². The SMILES string of the molecule is COc1ccc(C(C)=O)cc1CSc1n[nH]c(-c2cccs2)n1. The highest BCUT2D eigenvalue weighted by Crippen LogP contribution is 2.29. The number of aromatic nitrogens is 3. The third-order valence-electron chi connectivity index (χ3n) is 3.26. The van der Waals surface area contributed by atoms with Crippen LogP contribution in [0.5, 0.6) is 5.75 Å². The molecule has 2 heterocycles. The second-order valence-corrected chi connectivity index (χ2v) is 6.71. The molecule has 2 aromatic heterocycles. The molecule has 0 aliphatic heterocycles. The van der Waals surface area contributed by atoms with Gasteiger partial charge in [-0.2, -0.15) is 0 Å². The molecule has 0 radical (unpaired) electrons. The van der Waals surface area contributed by atoms with E-state index in [4.69, 9.17) is 4.74 Å². The van der Waals surface area contributed by atoms with Crippen LogP contribution in [0.1, 0.15) is 22.8 Å². The Kier molecular flexibility index (Phi) is 4.78. The van der Waals surface area contributed by atoms with E-state index in [1.807, 2.05) is 29.6 Å². The first-order chi connectivity index (χ1) is 11.2. The molecule has 3 aromatic rings. The molecule has 118 valence electrons. The Balaban J connectivity index is 1.75. The quantitative estimate of drug-likeness (QED) is 0.539. The molecule has 23 heavy (non-hydrogen) atoms. The van der Waals surface area contributed by atoms with E-state index in [2.05, 4.69) is 15.2 Å². The monoisotopic (exact) mass is 345 g/mol. The molecule has 0 bridgehead atoms. The van der Waals surface area contributed by atoms with Crippen molar-refractivity contribution >= 4 is 28.9 Å². The first kappa shape index (κ1) is 15.8. The van der Waals surface area contributed by atoms with E-state index in [1.54, 1.807) is 31.4 Å². The lowest BCUT2D eigenvalue weighted by molar-refractivity contribution is 0.101. The molecular formula is C16H15N3O2S2. The van der Waals surface area contributed by atoms with Crippen LogP contribution < -0.4 is 4.74 Å². The Morgan fingerprint density at radius 1 is 1.39 bits per heavy atom. The number of hydrogen-bond acceptors (Lipinski definition) is 6. The fourth-order valence-electron chi connectivity index (χ4n) is 2.09. The van der Waals surface area contributed by atoms with Gasteiger partial charge in [-0.25, -0.2) is 4.98 Å². The number of thiophene rings is 1. The van der Waals surface area contributed by atoms with Crippen LogP contribution >= 0.6 is 23.1 Å². The summed E-state index contributed by atoms with van der Waals surface area (Å²) in [6.45, 7) is 1.56. The van der Waals surface area contributed by atoms with E-state index < -0.39 is 0 Å². The number of H-pyrrole nitrogens is 1. The van der Waals surface area contributed by atoms with Gasteiger partial charge in [-0.05, 0) is 36.6 Å². The molecule has 0 amide bonds. The van der Waals surface area contributed by atoms with Gasteiger partial charge in [-0.1, -0.05) is 17.8 Å². The summed E-state index contributed by atoms with van der Waals surface area (Å²) < 4.78 is 5.36. The molecule has 0 aliphatic carbocycles. The molecule has 5 nitrogen and oxygen atoms in total. The summed E-state index contributed by atoms with van der Waals surface area (Å²) in [5.74, 6) is 2.20. The Hall–Kier alpha value is -2.12. The summed E-state index contributed by atoms with van der Waals surface area (Å²) in [4.78, 5) is 17.1. The number of carbonyl (C=O) groups excluding carboxylic acids is 1. The second-order valence-electron chi connectivity index (χ2n) is 4.82. The van der Waals surface area contributed by atoms with E-state index in [-0.39, 0.29) is 5.78 Å². The molecule has 0 atom stereocenters. The fourth-order valence-corrected chi connectivity index (χ4v) is 3.53. The predicted molar refractivity (Wildman–Crippen MR) is 92.3 cm³/mol. The average Bonchev–Trinajstić information content (AvgIpc) is 3.23. The lowest BCUT2D eigenvalue weighted by Crippen LogP contribution is -1.97. The zero-order chi connectivity index (χ0) is 16.2. The number of rotatable bonds is 6. The van der Waals surface area contributed by atoms with Gasteiger partial charge in [0.1, 0.15) is 5.75 Å². The van der Waals surface area contributed by atoms with E-state index in [9.17, 15) is 4.79 Å². The van der Waals surface area contributed by atoms with Crippen molar-refractivity contribution in [2.45, 2.75) is 17.8 Å². The van der Waals surface area contributed by atoms with Crippen molar-refractivity contribution in [1.82, 2.24) is 15.2 Å². The maximum Gasteiger partial charge on any atom is 0.209 e. The van der Waals surface area contributed by atoms with Crippen LogP contribution in [0.4, 0.5) is 0 Å². The summed E-state index contributed by atoms with van der Waals surface area (Å²) in [6.07, 6.45) is 0. The van der Waals surface area contributed by atoms with Gasteiger partial charge in [0.15, 0.2) is 11.6 Å². The number of nitrogens with one attached hydrogen (secondary N) is 1. The van der Waals surface area contributed by atoms with Crippen LogP contribution in [0.15, 0.2) is 40.9 Å². The van der Waals surface area contributed by atoms with Gasteiger partial charge < -0.3 is 4.74 Å². The number of Topliss-reactive ketones (excluding diaryl/α,β-unsaturated/α-hetero) is 1. The number of nitrogens with zero attached hydrogens (tertiary/aromatic N) is 2. The highest BCUT2D eigenvalue weighted by Gasteiger charge is 2.11. The number of carbonyl (C=O) groups is 1. The Bertz CT molecular complexity index is 813. The van der Waals surface area contributed by atoms with E-state index in [0.29, 0.717) is 16.5 Å². The minimum Gasteiger partial charge on any atom is -0.496 e. The molecule has 0 saturated carbocycles. The Morgan fingerprint density at radius 3 is 2.96 bits per heavy atom. The van der Waals surface area contributed by atoms with Crippen molar-refractivity contribution in [3.8, 4) is 16.5 Å². The number of aromatic amines is 1. The number of methoxy groups -OCH3 is 1. The standard InChI is InChI=1S/C16H15N3O2S2/c1-10(20)11-5-6-13(21-2)12(8-11)9-23-16-17-15(18-19-16)14-4-3-7-22-14/h3-8H,9H2,1-2H3,(H,17,18,19). The maximum atomic E-state index is 11.5. The summed E-state index contributed by atoms with van der Waals surface area (Å²) in [6, 6.07) is 9.44. The van der Waals surface area contributed by atoms with Crippen LogP contribution in [0.3, 0.4) is 0 Å². The van der Waals surface area contributed by atoms with Crippen molar-refractivity contribution in [2.24, 2.45) is 0 Å². The number of ketones is 1. The first-order valence-electron chi connectivity index (χ1n) is 6.94. The molecule has 7 heteroatoms. The van der Waals surface area contributed by atoms with Crippen molar-refractivity contribution in [3.05, 3.63) is 46.8 Å². The van der Waals surface area contributed by atoms with Crippen LogP contribution in [0.25, 0.3) is 10.7 Å². The molecule has 3 rings (SSSR count). The summed E-state index contributed by atoms with van der Waals surface area (Å²) >= 11 is 3.12. The Labute approximate surface area is 142 Å². The largest absolute Gasteiger partial charge is 0.496 e. The zero-order valence-corrected chi connectivity index (χ0v) is 14.3. The average molecular weight is 345 g/mol. The Morgan fingerprint density at radius 2 is 2.26 bits per heavy atom. The number of ether oxygens (including phenoxy) is 1. The lowest BCUT2D eigenvalue weighted by Gasteiger charge is -2.08. The molecule has 0 fully saturated rings. The third-order valence-corrected chi connectivity index (χ3v) is 5.04.